The maximum atomic E-state index is 12.7. The Labute approximate surface area is 155 Å². The third kappa shape index (κ3) is 2.68. The number of H-pyrrole nitrogens is 1. The Morgan fingerprint density at radius 2 is 1.96 bits per heavy atom. The van der Waals surface area contributed by atoms with Crippen molar-refractivity contribution in [3.63, 3.8) is 0 Å². The second kappa shape index (κ2) is 6.06. The van der Waals surface area contributed by atoms with Crippen LogP contribution in [0.1, 0.15) is 39.3 Å². The number of nitrogens with zero attached hydrogens (tertiary/aromatic N) is 1. The van der Waals surface area contributed by atoms with Crippen molar-refractivity contribution in [2.24, 2.45) is 0 Å². The molecule has 2 aromatic heterocycles. The van der Waals surface area contributed by atoms with Crippen molar-refractivity contribution >= 4 is 39.2 Å². The van der Waals surface area contributed by atoms with Gasteiger partial charge in [-0.05, 0) is 48.7 Å². The number of para-hydroxylation sites is 1. The third-order valence-electron chi connectivity index (χ3n) is 5.13. The van der Waals surface area contributed by atoms with E-state index in [-0.39, 0.29) is 11.7 Å². The Morgan fingerprint density at radius 1 is 1.07 bits per heavy atom. The molecule has 27 heavy (non-hydrogen) atoms. The fraction of sp³-hybridized carbons (Fsp3) is 0.136. The second-order valence-corrected chi connectivity index (χ2v) is 6.89. The molecule has 2 heterocycles. The Hall–Kier alpha value is -3.47. The Morgan fingerprint density at radius 3 is 2.89 bits per heavy atom. The highest BCUT2D eigenvalue weighted by Gasteiger charge is 2.22. The zero-order valence-corrected chi connectivity index (χ0v) is 14.6. The van der Waals surface area contributed by atoms with Crippen LogP contribution < -0.4 is 5.32 Å². The molecular weight excluding hydrogens is 338 g/mol. The topological polar surface area (TPSA) is 74.8 Å². The van der Waals surface area contributed by atoms with Crippen LogP contribution in [-0.4, -0.2) is 21.7 Å². The predicted octanol–water partition coefficient (Wildman–Crippen LogP) is 4.49. The third-order valence-corrected chi connectivity index (χ3v) is 5.13. The van der Waals surface area contributed by atoms with Gasteiger partial charge in [0.1, 0.15) is 0 Å². The van der Waals surface area contributed by atoms with E-state index < -0.39 is 0 Å². The summed E-state index contributed by atoms with van der Waals surface area (Å²) < 4.78 is 0. The normalized spacial score (nSPS) is 13.7. The van der Waals surface area contributed by atoms with Gasteiger partial charge in [-0.15, -0.1) is 0 Å². The van der Waals surface area contributed by atoms with Gasteiger partial charge >= 0.3 is 0 Å². The Balaban J connectivity index is 1.48. The Bertz CT molecular complexity index is 1220. The van der Waals surface area contributed by atoms with E-state index >= 15 is 0 Å². The number of carbonyl (C=O) groups excluding carboxylic acids is 2. The maximum absolute atomic E-state index is 12.7. The van der Waals surface area contributed by atoms with Crippen molar-refractivity contribution in [3.05, 3.63) is 71.5 Å². The van der Waals surface area contributed by atoms with Crippen molar-refractivity contribution in [2.75, 3.05) is 5.32 Å². The lowest BCUT2D eigenvalue weighted by atomic mass is 9.94. The molecule has 2 aromatic carbocycles. The van der Waals surface area contributed by atoms with Crippen LogP contribution in [0.5, 0.6) is 0 Å². The van der Waals surface area contributed by atoms with Gasteiger partial charge in [-0.2, -0.15) is 0 Å². The lowest BCUT2D eigenvalue weighted by molar-refractivity contribution is 0.0967. The molecule has 2 N–H and O–H groups in total. The summed E-state index contributed by atoms with van der Waals surface area (Å²) in [5.74, 6) is -0.0354. The van der Waals surface area contributed by atoms with Gasteiger partial charge in [0.05, 0.1) is 23.1 Å². The van der Waals surface area contributed by atoms with Gasteiger partial charge in [0.2, 0.25) is 0 Å². The van der Waals surface area contributed by atoms with E-state index in [2.05, 4.69) is 15.3 Å². The summed E-state index contributed by atoms with van der Waals surface area (Å²) in [5, 5.41) is 4.85. The molecule has 0 aliphatic heterocycles. The van der Waals surface area contributed by atoms with Crippen LogP contribution >= 0.6 is 0 Å². The Kier molecular flexibility index (Phi) is 3.53. The molecule has 0 saturated heterocycles. The summed E-state index contributed by atoms with van der Waals surface area (Å²) in [6, 6.07) is 15.2. The molecule has 5 heteroatoms. The van der Waals surface area contributed by atoms with Crippen molar-refractivity contribution in [2.45, 2.75) is 19.3 Å². The van der Waals surface area contributed by atoms with Gasteiger partial charge in [-0.25, -0.2) is 0 Å². The molecule has 5 rings (SSSR count). The average Bonchev–Trinajstić information content (AvgIpc) is 3.07. The SMILES string of the molecule is O=C(Nc1cnc2ccccc2c1)c1ccc2[nH]c3c(c2c1)CCCC3=O. The largest absolute Gasteiger partial charge is 0.352 e. The predicted molar refractivity (Wildman–Crippen MR) is 105 cm³/mol. The lowest BCUT2D eigenvalue weighted by Gasteiger charge is -2.10. The monoisotopic (exact) mass is 355 g/mol. The fourth-order valence-electron chi connectivity index (χ4n) is 3.78. The molecule has 132 valence electrons. The van der Waals surface area contributed by atoms with Gasteiger partial charge in [0, 0.05) is 28.3 Å². The minimum atomic E-state index is -0.189. The number of aryl methyl sites for hydroxylation is 1. The van der Waals surface area contributed by atoms with Gasteiger partial charge in [0.25, 0.3) is 5.91 Å². The number of aromatic nitrogens is 2. The number of carbonyl (C=O) groups is 2. The number of aromatic amines is 1. The van der Waals surface area contributed by atoms with E-state index in [0.717, 1.165) is 40.2 Å². The zero-order valence-electron chi connectivity index (χ0n) is 14.6. The first-order valence-electron chi connectivity index (χ1n) is 9.03. The molecule has 0 saturated carbocycles. The number of anilines is 1. The number of benzene rings is 2. The van der Waals surface area contributed by atoms with E-state index in [0.29, 0.717) is 23.4 Å². The quantitative estimate of drug-likeness (QED) is 0.556. The summed E-state index contributed by atoms with van der Waals surface area (Å²) in [4.78, 5) is 32.4. The van der Waals surface area contributed by atoms with Crippen LogP contribution in [0.4, 0.5) is 5.69 Å². The van der Waals surface area contributed by atoms with Crippen LogP contribution in [0, 0.1) is 0 Å². The summed E-state index contributed by atoms with van der Waals surface area (Å²) in [5.41, 5.74) is 4.75. The number of fused-ring (bicyclic) bond motifs is 4. The van der Waals surface area contributed by atoms with E-state index in [1.165, 1.54) is 0 Å². The molecule has 0 bridgehead atoms. The molecular formula is C22H17N3O2. The maximum Gasteiger partial charge on any atom is 0.255 e. The first-order chi connectivity index (χ1) is 13.2. The van der Waals surface area contributed by atoms with Gasteiger partial charge < -0.3 is 10.3 Å². The zero-order chi connectivity index (χ0) is 18.4. The van der Waals surface area contributed by atoms with Crippen molar-refractivity contribution in [3.8, 4) is 0 Å². The van der Waals surface area contributed by atoms with E-state index in [4.69, 9.17) is 0 Å². The number of pyridine rings is 1. The highest BCUT2D eigenvalue weighted by Crippen LogP contribution is 2.30. The van der Waals surface area contributed by atoms with E-state index in [9.17, 15) is 9.59 Å². The molecule has 1 amide bonds. The van der Waals surface area contributed by atoms with Crippen molar-refractivity contribution in [1.82, 2.24) is 9.97 Å². The standard InChI is InChI=1S/C22H17N3O2/c26-20-7-3-5-16-17-11-14(8-9-19(17)25-21(16)20)22(27)24-15-10-13-4-1-2-6-18(13)23-12-15/h1-2,4,6,8-12,25H,3,5,7H2,(H,24,27). The summed E-state index contributed by atoms with van der Waals surface area (Å²) >= 11 is 0. The van der Waals surface area contributed by atoms with Crippen LogP contribution in [-0.2, 0) is 6.42 Å². The molecule has 0 spiro atoms. The van der Waals surface area contributed by atoms with Gasteiger partial charge in [0.15, 0.2) is 5.78 Å². The number of nitrogens with one attached hydrogen (secondary N) is 2. The fourth-order valence-corrected chi connectivity index (χ4v) is 3.78. The lowest BCUT2D eigenvalue weighted by Crippen LogP contribution is -2.12. The van der Waals surface area contributed by atoms with Crippen LogP contribution in [0.25, 0.3) is 21.8 Å². The van der Waals surface area contributed by atoms with Crippen LogP contribution in [0.3, 0.4) is 0 Å². The van der Waals surface area contributed by atoms with Gasteiger partial charge in [-0.3, -0.25) is 14.6 Å². The van der Waals surface area contributed by atoms with Crippen LogP contribution in [0.2, 0.25) is 0 Å². The first kappa shape index (κ1) is 15.8. The molecule has 0 fully saturated rings. The number of hydrogen-bond donors (Lipinski definition) is 2. The summed E-state index contributed by atoms with van der Waals surface area (Å²) in [7, 11) is 0. The van der Waals surface area contributed by atoms with E-state index in [1.807, 2.05) is 42.5 Å². The summed E-state index contributed by atoms with van der Waals surface area (Å²) in [6.07, 6.45) is 3.97. The van der Waals surface area contributed by atoms with E-state index in [1.54, 1.807) is 12.3 Å². The van der Waals surface area contributed by atoms with Crippen LogP contribution in [0.15, 0.2) is 54.7 Å². The molecule has 0 radical (unpaired) electrons. The highest BCUT2D eigenvalue weighted by atomic mass is 16.1. The second-order valence-electron chi connectivity index (χ2n) is 6.89. The first-order valence-corrected chi connectivity index (χ1v) is 9.03. The molecule has 1 aliphatic rings. The molecule has 0 atom stereocenters. The average molecular weight is 355 g/mol. The number of hydrogen-bond acceptors (Lipinski definition) is 3. The minimum absolute atomic E-state index is 0.153. The molecule has 0 unspecified atom stereocenters. The van der Waals surface area contributed by atoms with Crippen molar-refractivity contribution < 1.29 is 9.59 Å². The molecule has 4 aromatic rings. The molecule has 1 aliphatic carbocycles. The minimum Gasteiger partial charge on any atom is -0.352 e. The highest BCUT2D eigenvalue weighted by molar-refractivity contribution is 6.09. The smallest absolute Gasteiger partial charge is 0.255 e. The molecule has 5 nitrogen and oxygen atoms in total. The van der Waals surface area contributed by atoms with Gasteiger partial charge in [-0.1, -0.05) is 18.2 Å². The summed E-state index contributed by atoms with van der Waals surface area (Å²) in [6.45, 7) is 0. The number of ketones is 1. The van der Waals surface area contributed by atoms with Crippen molar-refractivity contribution in [1.29, 1.82) is 0 Å². The number of rotatable bonds is 2. The number of amides is 1. The number of Topliss-reactive ketones (excluding diaryl/α,β-unsaturated/α-hetero) is 1.